The highest BCUT2D eigenvalue weighted by Gasteiger charge is 2.31. The van der Waals surface area contributed by atoms with E-state index in [4.69, 9.17) is 11.6 Å². The standard InChI is InChI=1S/C17H11ClF3N3O2/c1-10(25)15-8-16(24(23-15)13-3-2-4-22-9-13)11-5-12(18)7-14(6-11)26-17(19,20)21/h2-9H,1H3. The second kappa shape index (κ2) is 6.80. The van der Waals surface area contributed by atoms with Crippen LogP contribution in [0.3, 0.4) is 0 Å². The van der Waals surface area contributed by atoms with Crippen LogP contribution < -0.4 is 4.74 Å². The van der Waals surface area contributed by atoms with E-state index in [9.17, 15) is 18.0 Å². The van der Waals surface area contributed by atoms with Crippen molar-refractivity contribution < 1.29 is 22.7 Å². The molecule has 0 fully saturated rings. The lowest BCUT2D eigenvalue weighted by atomic mass is 10.1. The molecule has 2 aromatic heterocycles. The summed E-state index contributed by atoms with van der Waals surface area (Å²) < 4.78 is 42.9. The van der Waals surface area contributed by atoms with Crippen LogP contribution in [0.25, 0.3) is 16.9 Å². The van der Waals surface area contributed by atoms with Crippen molar-refractivity contribution >= 4 is 17.4 Å². The molecule has 0 aliphatic rings. The Bertz CT molecular complexity index is 956. The minimum atomic E-state index is -4.85. The molecule has 0 bridgehead atoms. The van der Waals surface area contributed by atoms with Gasteiger partial charge in [-0.3, -0.25) is 9.78 Å². The van der Waals surface area contributed by atoms with Gasteiger partial charge in [0.1, 0.15) is 11.4 Å². The fraction of sp³-hybridized carbons (Fsp3) is 0.118. The van der Waals surface area contributed by atoms with Crippen molar-refractivity contribution in [2.24, 2.45) is 0 Å². The molecule has 1 aromatic carbocycles. The molecule has 0 unspecified atom stereocenters. The van der Waals surface area contributed by atoms with Gasteiger partial charge in [-0.2, -0.15) is 5.10 Å². The predicted octanol–water partition coefficient (Wildman–Crippen LogP) is 4.69. The fourth-order valence-electron chi connectivity index (χ4n) is 2.34. The highest BCUT2D eigenvalue weighted by atomic mass is 35.5. The van der Waals surface area contributed by atoms with Crippen molar-refractivity contribution in [3.63, 3.8) is 0 Å². The predicted molar refractivity (Wildman–Crippen MR) is 88.5 cm³/mol. The minimum absolute atomic E-state index is 0.0464. The summed E-state index contributed by atoms with van der Waals surface area (Å²) >= 11 is 5.94. The lowest BCUT2D eigenvalue weighted by Gasteiger charge is -2.12. The highest BCUT2D eigenvalue weighted by molar-refractivity contribution is 6.31. The Morgan fingerprint density at radius 1 is 1.23 bits per heavy atom. The van der Waals surface area contributed by atoms with Crippen LogP contribution in [0.15, 0.2) is 48.8 Å². The second-order valence-electron chi connectivity index (χ2n) is 5.32. The number of rotatable bonds is 4. The average Bonchev–Trinajstić information content (AvgIpc) is 2.99. The maximum Gasteiger partial charge on any atom is 0.573 e. The van der Waals surface area contributed by atoms with E-state index in [-0.39, 0.29) is 16.5 Å². The summed E-state index contributed by atoms with van der Waals surface area (Å²) in [7, 11) is 0. The van der Waals surface area contributed by atoms with Crippen LogP contribution in [0.1, 0.15) is 17.4 Å². The van der Waals surface area contributed by atoms with E-state index in [1.54, 1.807) is 18.3 Å². The number of alkyl halides is 3. The monoisotopic (exact) mass is 381 g/mol. The minimum Gasteiger partial charge on any atom is -0.406 e. The maximum atomic E-state index is 12.5. The zero-order valence-corrected chi connectivity index (χ0v) is 14.0. The quantitative estimate of drug-likeness (QED) is 0.615. The van der Waals surface area contributed by atoms with Crippen LogP contribution in [0, 0.1) is 0 Å². The number of carbonyl (C=O) groups is 1. The molecule has 5 nitrogen and oxygen atoms in total. The smallest absolute Gasteiger partial charge is 0.406 e. The van der Waals surface area contributed by atoms with Crippen molar-refractivity contribution in [3.8, 4) is 22.7 Å². The molecule has 0 amide bonds. The molecule has 26 heavy (non-hydrogen) atoms. The largest absolute Gasteiger partial charge is 0.573 e. The number of hydrogen-bond donors (Lipinski definition) is 0. The summed E-state index contributed by atoms with van der Waals surface area (Å²) in [4.78, 5) is 15.7. The molecular formula is C17H11ClF3N3O2. The van der Waals surface area contributed by atoms with Crippen LogP contribution in [0.5, 0.6) is 5.75 Å². The summed E-state index contributed by atoms with van der Waals surface area (Å²) in [6, 6.07) is 8.52. The normalized spacial score (nSPS) is 11.4. The summed E-state index contributed by atoms with van der Waals surface area (Å²) in [6.45, 7) is 1.34. The first-order valence-corrected chi connectivity index (χ1v) is 7.69. The molecule has 0 saturated carbocycles. The number of carbonyl (C=O) groups excluding carboxylic acids is 1. The van der Waals surface area contributed by atoms with Gasteiger partial charge in [0.2, 0.25) is 0 Å². The number of ether oxygens (including phenoxy) is 1. The van der Waals surface area contributed by atoms with Crippen molar-refractivity contribution in [2.75, 3.05) is 0 Å². The summed E-state index contributed by atoms with van der Waals surface area (Å²) in [5, 5.41) is 4.26. The van der Waals surface area contributed by atoms with Gasteiger partial charge in [-0.05, 0) is 36.4 Å². The molecule has 0 radical (unpaired) electrons. The van der Waals surface area contributed by atoms with Gasteiger partial charge in [-0.25, -0.2) is 4.68 Å². The van der Waals surface area contributed by atoms with E-state index in [0.717, 1.165) is 6.07 Å². The molecule has 0 spiro atoms. The Morgan fingerprint density at radius 3 is 2.62 bits per heavy atom. The molecule has 2 heterocycles. The fourth-order valence-corrected chi connectivity index (χ4v) is 2.56. The van der Waals surface area contributed by atoms with Gasteiger partial charge in [0.05, 0.1) is 17.6 Å². The summed E-state index contributed by atoms with van der Waals surface area (Å²) in [6.07, 6.45) is -1.78. The van der Waals surface area contributed by atoms with Gasteiger partial charge in [0, 0.05) is 23.7 Å². The van der Waals surface area contributed by atoms with Gasteiger partial charge in [0.25, 0.3) is 0 Å². The lowest BCUT2D eigenvalue weighted by molar-refractivity contribution is -0.274. The molecule has 0 aliphatic heterocycles. The number of Topliss-reactive ketones (excluding diaryl/α,β-unsaturated/α-hetero) is 1. The van der Waals surface area contributed by atoms with Gasteiger partial charge in [-0.1, -0.05) is 11.6 Å². The highest BCUT2D eigenvalue weighted by Crippen LogP contribution is 2.33. The zero-order chi connectivity index (χ0) is 18.9. The Labute approximate surface area is 151 Å². The van der Waals surface area contributed by atoms with E-state index in [1.807, 2.05) is 0 Å². The molecule has 0 N–H and O–H groups in total. The topological polar surface area (TPSA) is 57.0 Å². The third-order valence-electron chi connectivity index (χ3n) is 3.36. The average molecular weight is 382 g/mol. The Hall–Kier alpha value is -2.87. The molecule has 0 saturated heterocycles. The van der Waals surface area contributed by atoms with Crippen molar-refractivity contribution in [2.45, 2.75) is 13.3 Å². The molecule has 3 rings (SSSR count). The van der Waals surface area contributed by atoms with E-state index in [2.05, 4.69) is 14.8 Å². The SMILES string of the molecule is CC(=O)c1cc(-c2cc(Cl)cc(OC(F)(F)F)c2)n(-c2cccnc2)n1. The molecule has 9 heteroatoms. The van der Waals surface area contributed by atoms with Gasteiger partial charge < -0.3 is 4.74 Å². The molecule has 0 atom stereocenters. The Balaban J connectivity index is 2.16. The van der Waals surface area contributed by atoms with Crippen molar-refractivity contribution in [1.29, 1.82) is 0 Å². The van der Waals surface area contributed by atoms with Crippen molar-refractivity contribution in [1.82, 2.24) is 14.8 Å². The number of halogens is 4. The molecule has 134 valence electrons. The number of benzene rings is 1. The number of ketones is 1. The molecule has 0 aliphatic carbocycles. The molecular weight excluding hydrogens is 371 g/mol. The first kappa shape index (κ1) is 17.9. The first-order chi connectivity index (χ1) is 12.2. The number of nitrogens with zero attached hydrogens (tertiary/aromatic N) is 3. The summed E-state index contributed by atoms with van der Waals surface area (Å²) in [5.41, 5.74) is 1.37. The van der Waals surface area contributed by atoms with Crippen molar-refractivity contribution in [3.05, 3.63) is 59.5 Å². The van der Waals surface area contributed by atoms with Crippen LogP contribution in [0.4, 0.5) is 13.2 Å². The third-order valence-corrected chi connectivity index (χ3v) is 3.58. The number of hydrogen-bond acceptors (Lipinski definition) is 4. The Kier molecular flexibility index (Phi) is 4.69. The maximum absolute atomic E-state index is 12.5. The summed E-state index contributed by atoms with van der Waals surface area (Å²) in [5.74, 6) is -0.758. The lowest BCUT2D eigenvalue weighted by Crippen LogP contribution is -2.17. The van der Waals surface area contributed by atoms with Gasteiger partial charge >= 0.3 is 6.36 Å². The Morgan fingerprint density at radius 2 is 2.00 bits per heavy atom. The zero-order valence-electron chi connectivity index (χ0n) is 13.3. The third kappa shape index (κ3) is 4.02. The number of aromatic nitrogens is 3. The van der Waals surface area contributed by atoms with Gasteiger partial charge in [0.15, 0.2) is 5.78 Å². The van der Waals surface area contributed by atoms with Crippen LogP contribution >= 0.6 is 11.6 Å². The number of pyridine rings is 1. The first-order valence-electron chi connectivity index (χ1n) is 7.31. The van der Waals surface area contributed by atoms with Crippen LogP contribution in [-0.2, 0) is 0 Å². The van der Waals surface area contributed by atoms with E-state index in [1.165, 1.54) is 36.0 Å². The van der Waals surface area contributed by atoms with Crippen LogP contribution in [-0.4, -0.2) is 26.9 Å². The van der Waals surface area contributed by atoms with E-state index in [0.29, 0.717) is 16.9 Å². The van der Waals surface area contributed by atoms with Gasteiger partial charge in [-0.15, -0.1) is 13.2 Å². The van der Waals surface area contributed by atoms with E-state index < -0.39 is 12.1 Å². The molecule has 3 aromatic rings. The van der Waals surface area contributed by atoms with E-state index >= 15 is 0 Å². The van der Waals surface area contributed by atoms with Crippen LogP contribution in [0.2, 0.25) is 5.02 Å². The second-order valence-corrected chi connectivity index (χ2v) is 5.75.